The minimum Gasteiger partial charge on any atom is -0.497 e. The zero-order valence-corrected chi connectivity index (χ0v) is 16.9. The highest BCUT2D eigenvalue weighted by Gasteiger charge is 2.24. The molecule has 2 aromatic carbocycles. The maximum atomic E-state index is 11.1. The standard InChI is InChI=1S/C23H29N3O2/c1-17-23(20-15-19(28-3)9-10-21(20)24(17)2)22(27)16-25-11-13-26(14-12-25)18-7-5-4-6-8-18/h4-10,15,22,27H,11-14,16H2,1-3H3. The average molecular weight is 380 g/mol. The number of para-hydroxylation sites is 1. The van der Waals surface area contributed by atoms with Gasteiger partial charge >= 0.3 is 0 Å². The number of β-amino-alcohol motifs (C(OH)–C–C–N with tert-alkyl or cyclic N) is 1. The van der Waals surface area contributed by atoms with Crippen LogP contribution in [0.25, 0.3) is 10.9 Å². The number of aromatic nitrogens is 1. The summed E-state index contributed by atoms with van der Waals surface area (Å²) in [5, 5.41) is 12.2. The molecule has 0 aliphatic carbocycles. The van der Waals surface area contributed by atoms with Crippen molar-refractivity contribution in [3.63, 3.8) is 0 Å². The van der Waals surface area contributed by atoms with Crippen LogP contribution in [-0.2, 0) is 7.05 Å². The molecule has 28 heavy (non-hydrogen) atoms. The lowest BCUT2D eigenvalue weighted by molar-refractivity contribution is 0.110. The fourth-order valence-electron chi connectivity index (χ4n) is 4.29. The first kappa shape index (κ1) is 18.8. The van der Waals surface area contributed by atoms with E-state index in [-0.39, 0.29) is 0 Å². The van der Waals surface area contributed by atoms with Gasteiger partial charge in [0.2, 0.25) is 0 Å². The number of methoxy groups -OCH3 is 1. The van der Waals surface area contributed by atoms with Crippen LogP contribution in [-0.4, -0.2) is 54.4 Å². The van der Waals surface area contributed by atoms with E-state index in [0.717, 1.165) is 54.1 Å². The predicted molar refractivity (Wildman–Crippen MR) is 114 cm³/mol. The third kappa shape index (κ3) is 3.48. The number of nitrogens with zero attached hydrogens (tertiary/aromatic N) is 3. The summed E-state index contributed by atoms with van der Waals surface area (Å²) >= 11 is 0. The number of hydrogen-bond donors (Lipinski definition) is 1. The second-order valence-corrected chi connectivity index (χ2v) is 7.58. The van der Waals surface area contributed by atoms with Crippen LogP contribution in [0.2, 0.25) is 0 Å². The number of hydrogen-bond acceptors (Lipinski definition) is 4. The summed E-state index contributed by atoms with van der Waals surface area (Å²) in [4.78, 5) is 4.78. The molecule has 0 spiro atoms. The Morgan fingerprint density at radius 2 is 1.75 bits per heavy atom. The second-order valence-electron chi connectivity index (χ2n) is 7.58. The van der Waals surface area contributed by atoms with Crippen LogP contribution in [0.15, 0.2) is 48.5 Å². The van der Waals surface area contributed by atoms with E-state index in [0.29, 0.717) is 6.54 Å². The van der Waals surface area contributed by atoms with Crippen LogP contribution in [0, 0.1) is 6.92 Å². The van der Waals surface area contributed by atoms with Crippen molar-refractivity contribution in [3.05, 3.63) is 59.8 Å². The molecule has 1 N–H and O–H groups in total. The van der Waals surface area contributed by atoms with Gasteiger partial charge in [-0.1, -0.05) is 18.2 Å². The molecule has 1 aliphatic heterocycles. The molecule has 1 fully saturated rings. The Morgan fingerprint density at radius 3 is 2.43 bits per heavy atom. The van der Waals surface area contributed by atoms with E-state index in [1.54, 1.807) is 7.11 Å². The van der Waals surface area contributed by atoms with Gasteiger partial charge in [-0.05, 0) is 37.3 Å². The van der Waals surface area contributed by atoms with Crippen molar-refractivity contribution in [1.29, 1.82) is 0 Å². The van der Waals surface area contributed by atoms with Gasteiger partial charge in [0.1, 0.15) is 5.75 Å². The van der Waals surface area contributed by atoms with E-state index in [2.05, 4.69) is 64.7 Å². The van der Waals surface area contributed by atoms with Gasteiger partial charge in [0.05, 0.1) is 13.2 Å². The van der Waals surface area contributed by atoms with Crippen molar-refractivity contribution in [3.8, 4) is 5.75 Å². The number of anilines is 1. The minimum absolute atomic E-state index is 0.515. The number of rotatable bonds is 5. The lowest BCUT2D eigenvalue weighted by Gasteiger charge is -2.37. The summed E-state index contributed by atoms with van der Waals surface area (Å²) in [5.74, 6) is 0.822. The van der Waals surface area contributed by atoms with E-state index >= 15 is 0 Å². The summed E-state index contributed by atoms with van der Waals surface area (Å²) in [6, 6.07) is 16.6. The van der Waals surface area contributed by atoms with Gasteiger partial charge in [0.15, 0.2) is 0 Å². The van der Waals surface area contributed by atoms with Gasteiger partial charge in [-0.2, -0.15) is 0 Å². The molecular weight excluding hydrogens is 350 g/mol. The molecule has 1 atom stereocenters. The SMILES string of the molecule is COc1ccc2c(c1)c(C(O)CN1CCN(c3ccccc3)CC1)c(C)n2C. The Kier molecular flexibility index (Phi) is 5.29. The normalized spacial score (nSPS) is 16.5. The molecule has 1 unspecified atom stereocenters. The number of piperazine rings is 1. The minimum atomic E-state index is -0.515. The lowest BCUT2D eigenvalue weighted by Crippen LogP contribution is -2.47. The summed E-state index contributed by atoms with van der Waals surface area (Å²) in [7, 11) is 3.73. The number of ether oxygens (including phenoxy) is 1. The molecule has 1 aromatic heterocycles. The van der Waals surface area contributed by atoms with Crippen LogP contribution in [0.3, 0.4) is 0 Å². The molecule has 0 saturated carbocycles. The van der Waals surface area contributed by atoms with Gasteiger partial charge in [-0.15, -0.1) is 0 Å². The Hall–Kier alpha value is -2.50. The molecule has 3 aromatic rings. The molecule has 0 amide bonds. The van der Waals surface area contributed by atoms with Crippen LogP contribution in [0.5, 0.6) is 5.75 Å². The quantitative estimate of drug-likeness (QED) is 0.738. The monoisotopic (exact) mass is 379 g/mol. The Labute approximate surface area is 166 Å². The molecule has 0 radical (unpaired) electrons. The average Bonchev–Trinajstić information content (AvgIpc) is 2.99. The Morgan fingerprint density at radius 1 is 1.04 bits per heavy atom. The van der Waals surface area contributed by atoms with Crippen molar-refractivity contribution in [2.75, 3.05) is 44.7 Å². The molecular formula is C23H29N3O2. The van der Waals surface area contributed by atoms with Gasteiger partial charge in [-0.25, -0.2) is 0 Å². The molecule has 4 rings (SSSR count). The van der Waals surface area contributed by atoms with Crippen LogP contribution in [0.1, 0.15) is 17.4 Å². The topological polar surface area (TPSA) is 40.9 Å². The van der Waals surface area contributed by atoms with Crippen LogP contribution in [0.4, 0.5) is 5.69 Å². The Balaban J connectivity index is 1.49. The smallest absolute Gasteiger partial charge is 0.119 e. The van der Waals surface area contributed by atoms with Crippen molar-refractivity contribution in [1.82, 2.24) is 9.47 Å². The summed E-state index contributed by atoms with van der Waals surface area (Å²) in [5.41, 5.74) is 4.53. The zero-order valence-electron chi connectivity index (χ0n) is 16.9. The Bertz CT molecular complexity index is 943. The lowest BCUT2D eigenvalue weighted by atomic mass is 10.0. The van der Waals surface area contributed by atoms with Gasteiger partial charge in [0.25, 0.3) is 0 Å². The van der Waals surface area contributed by atoms with E-state index in [4.69, 9.17) is 4.74 Å². The molecule has 5 heteroatoms. The maximum Gasteiger partial charge on any atom is 0.119 e. The van der Waals surface area contributed by atoms with Crippen LogP contribution < -0.4 is 9.64 Å². The fourth-order valence-corrected chi connectivity index (χ4v) is 4.29. The first-order chi connectivity index (χ1) is 13.6. The van der Waals surface area contributed by atoms with E-state index < -0.39 is 6.10 Å². The number of benzene rings is 2. The first-order valence-electron chi connectivity index (χ1n) is 9.92. The van der Waals surface area contributed by atoms with Gasteiger partial charge < -0.3 is 19.3 Å². The molecule has 0 bridgehead atoms. The van der Waals surface area contributed by atoms with Crippen molar-refractivity contribution >= 4 is 16.6 Å². The van der Waals surface area contributed by atoms with E-state index in [9.17, 15) is 5.11 Å². The number of aliphatic hydroxyl groups excluding tert-OH is 1. The summed E-state index contributed by atoms with van der Waals surface area (Å²) in [6.07, 6.45) is -0.515. The predicted octanol–water partition coefficient (Wildman–Crippen LogP) is 3.35. The van der Waals surface area contributed by atoms with Gasteiger partial charge in [-0.3, -0.25) is 4.90 Å². The zero-order chi connectivity index (χ0) is 19.7. The number of aryl methyl sites for hydroxylation is 1. The molecule has 1 saturated heterocycles. The summed E-state index contributed by atoms with van der Waals surface area (Å²) in [6.45, 7) is 6.62. The second kappa shape index (κ2) is 7.86. The third-order valence-corrected chi connectivity index (χ3v) is 6.01. The van der Waals surface area contributed by atoms with E-state index in [1.807, 2.05) is 12.1 Å². The molecule has 5 nitrogen and oxygen atoms in total. The largest absolute Gasteiger partial charge is 0.497 e. The first-order valence-corrected chi connectivity index (χ1v) is 9.92. The molecule has 2 heterocycles. The van der Waals surface area contributed by atoms with Crippen molar-refractivity contribution in [2.45, 2.75) is 13.0 Å². The molecule has 1 aliphatic rings. The van der Waals surface area contributed by atoms with Crippen LogP contribution >= 0.6 is 0 Å². The summed E-state index contributed by atoms with van der Waals surface area (Å²) < 4.78 is 7.56. The van der Waals surface area contributed by atoms with Gasteiger partial charge in [0, 0.05) is 67.6 Å². The van der Waals surface area contributed by atoms with Crippen molar-refractivity contribution < 1.29 is 9.84 Å². The third-order valence-electron chi connectivity index (χ3n) is 6.01. The number of aliphatic hydroxyl groups is 1. The highest BCUT2D eigenvalue weighted by molar-refractivity contribution is 5.87. The number of fused-ring (bicyclic) bond motifs is 1. The highest BCUT2D eigenvalue weighted by Crippen LogP contribution is 2.33. The van der Waals surface area contributed by atoms with E-state index in [1.165, 1.54) is 5.69 Å². The van der Waals surface area contributed by atoms with Crippen molar-refractivity contribution in [2.24, 2.45) is 7.05 Å². The maximum absolute atomic E-state index is 11.1. The fraction of sp³-hybridized carbons (Fsp3) is 0.391. The highest BCUT2D eigenvalue weighted by atomic mass is 16.5. The molecule has 148 valence electrons.